The van der Waals surface area contributed by atoms with Crippen LogP contribution in [-0.2, 0) is 22.6 Å². The summed E-state index contributed by atoms with van der Waals surface area (Å²) >= 11 is 0. The van der Waals surface area contributed by atoms with E-state index in [0.717, 1.165) is 23.6 Å². The molecule has 6 heteroatoms. The minimum atomic E-state index is -0.116. The van der Waals surface area contributed by atoms with Crippen LogP contribution in [0.2, 0.25) is 0 Å². The molecule has 1 aliphatic rings. The van der Waals surface area contributed by atoms with Gasteiger partial charge in [0.15, 0.2) is 13.1 Å². The maximum absolute atomic E-state index is 12.6. The van der Waals surface area contributed by atoms with Gasteiger partial charge in [-0.3, -0.25) is 9.59 Å². The Morgan fingerprint density at radius 1 is 1.07 bits per heavy atom. The molecule has 0 bridgehead atoms. The molecule has 27 heavy (non-hydrogen) atoms. The standard InChI is InChI=1S/C21H25N3O3/c1-23(14-20(25)22-18-7-9-19(27-2)10-8-18)15-21(26)24-12-11-16-5-3-4-6-17(16)13-24/h3-10H,11-15H2,1-2H3,(H,22,25)/p+1. The van der Waals surface area contributed by atoms with Crippen LogP contribution in [0.25, 0.3) is 0 Å². The van der Waals surface area contributed by atoms with Crippen molar-refractivity contribution in [3.05, 3.63) is 59.7 Å². The number of nitrogens with zero attached hydrogens (tertiary/aromatic N) is 1. The van der Waals surface area contributed by atoms with Gasteiger partial charge < -0.3 is 19.9 Å². The summed E-state index contributed by atoms with van der Waals surface area (Å²) in [5.74, 6) is 0.707. The predicted molar refractivity (Wildman–Crippen MR) is 104 cm³/mol. The number of likely N-dealkylation sites (N-methyl/N-ethyl adjacent to an activating group) is 1. The van der Waals surface area contributed by atoms with E-state index in [9.17, 15) is 9.59 Å². The lowest BCUT2D eigenvalue weighted by molar-refractivity contribution is -0.862. The lowest BCUT2D eigenvalue weighted by Gasteiger charge is -2.29. The highest BCUT2D eigenvalue weighted by Gasteiger charge is 2.23. The van der Waals surface area contributed by atoms with Crippen molar-refractivity contribution in [1.29, 1.82) is 0 Å². The fraction of sp³-hybridized carbons (Fsp3) is 0.333. The van der Waals surface area contributed by atoms with Gasteiger partial charge in [0.2, 0.25) is 0 Å². The monoisotopic (exact) mass is 368 g/mol. The van der Waals surface area contributed by atoms with E-state index in [1.54, 1.807) is 31.4 Å². The Kier molecular flexibility index (Phi) is 6.08. The summed E-state index contributed by atoms with van der Waals surface area (Å²) in [6.45, 7) is 1.93. The Labute approximate surface area is 159 Å². The quantitative estimate of drug-likeness (QED) is 0.790. The SMILES string of the molecule is COc1ccc(NC(=O)C[NH+](C)CC(=O)N2CCc3ccccc3C2)cc1. The highest BCUT2D eigenvalue weighted by Crippen LogP contribution is 2.18. The molecule has 1 aliphatic heterocycles. The smallest absolute Gasteiger partial charge is 0.279 e. The fourth-order valence-electron chi connectivity index (χ4n) is 3.29. The van der Waals surface area contributed by atoms with Crippen LogP contribution < -0.4 is 15.0 Å². The first-order chi connectivity index (χ1) is 13.0. The average Bonchev–Trinajstić information content (AvgIpc) is 2.68. The van der Waals surface area contributed by atoms with E-state index >= 15 is 0 Å². The van der Waals surface area contributed by atoms with Crippen LogP contribution in [-0.4, -0.2) is 50.5 Å². The van der Waals surface area contributed by atoms with Crippen molar-refractivity contribution in [1.82, 2.24) is 4.90 Å². The Bertz CT molecular complexity index is 805. The topological polar surface area (TPSA) is 63.1 Å². The first kappa shape index (κ1) is 18.9. The van der Waals surface area contributed by atoms with Crippen LogP contribution in [0.5, 0.6) is 5.75 Å². The first-order valence-electron chi connectivity index (χ1n) is 9.15. The molecule has 6 nitrogen and oxygen atoms in total. The Morgan fingerprint density at radius 2 is 1.78 bits per heavy atom. The van der Waals surface area contributed by atoms with Crippen molar-refractivity contribution in [2.24, 2.45) is 0 Å². The highest BCUT2D eigenvalue weighted by atomic mass is 16.5. The van der Waals surface area contributed by atoms with Crippen LogP contribution in [0.15, 0.2) is 48.5 Å². The summed E-state index contributed by atoms with van der Waals surface area (Å²) < 4.78 is 5.10. The van der Waals surface area contributed by atoms with E-state index in [1.165, 1.54) is 11.1 Å². The van der Waals surface area contributed by atoms with Gasteiger partial charge >= 0.3 is 0 Å². The number of quaternary nitrogens is 1. The summed E-state index contributed by atoms with van der Waals surface area (Å²) in [6, 6.07) is 15.4. The van der Waals surface area contributed by atoms with Crippen molar-refractivity contribution < 1.29 is 19.2 Å². The summed E-state index contributed by atoms with van der Waals surface area (Å²) in [5, 5.41) is 2.85. The van der Waals surface area contributed by atoms with Crippen LogP contribution >= 0.6 is 0 Å². The fourth-order valence-corrected chi connectivity index (χ4v) is 3.29. The van der Waals surface area contributed by atoms with Gasteiger partial charge in [-0.15, -0.1) is 0 Å². The zero-order valence-electron chi connectivity index (χ0n) is 15.8. The molecule has 2 amide bonds. The largest absolute Gasteiger partial charge is 0.497 e. The minimum Gasteiger partial charge on any atom is -0.497 e. The molecule has 0 saturated heterocycles. The number of nitrogens with one attached hydrogen (secondary N) is 2. The van der Waals surface area contributed by atoms with Crippen molar-refractivity contribution >= 4 is 17.5 Å². The van der Waals surface area contributed by atoms with E-state index in [2.05, 4.69) is 17.4 Å². The van der Waals surface area contributed by atoms with Gasteiger partial charge in [0, 0.05) is 18.8 Å². The van der Waals surface area contributed by atoms with Gasteiger partial charge in [0.25, 0.3) is 11.8 Å². The van der Waals surface area contributed by atoms with Crippen molar-refractivity contribution in [2.75, 3.05) is 39.1 Å². The Morgan fingerprint density at radius 3 is 2.48 bits per heavy atom. The molecule has 3 rings (SSSR count). The lowest BCUT2D eigenvalue weighted by atomic mass is 10.00. The van der Waals surface area contributed by atoms with E-state index in [-0.39, 0.29) is 18.4 Å². The second-order valence-corrected chi connectivity index (χ2v) is 6.92. The van der Waals surface area contributed by atoms with Crippen molar-refractivity contribution in [3.8, 4) is 5.75 Å². The molecule has 1 unspecified atom stereocenters. The van der Waals surface area contributed by atoms with E-state index in [1.807, 2.05) is 24.1 Å². The summed E-state index contributed by atoms with van der Waals surface area (Å²) in [5.41, 5.74) is 3.25. The second kappa shape index (κ2) is 8.68. The summed E-state index contributed by atoms with van der Waals surface area (Å²) in [6.07, 6.45) is 0.888. The van der Waals surface area contributed by atoms with Gasteiger partial charge in [-0.2, -0.15) is 0 Å². The normalized spacial score (nSPS) is 14.2. The molecule has 2 N–H and O–H groups in total. The maximum atomic E-state index is 12.6. The molecule has 0 saturated carbocycles. The molecule has 1 atom stereocenters. The third kappa shape index (κ3) is 5.08. The number of hydrogen-bond donors (Lipinski definition) is 2. The molecule has 0 spiro atoms. The number of rotatable bonds is 6. The van der Waals surface area contributed by atoms with Crippen LogP contribution in [0.1, 0.15) is 11.1 Å². The van der Waals surface area contributed by atoms with E-state index < -0.39 is 0 Å². The first-order valence-corrected chi connectivity index (χ1v) is 9.15. The van der Waals surface area contributed by atoms with Crippen LogP contribution in [0.4, 0.5) is 5.69 Å². The van der Waals surface area contributed by atoms with Crippen molar-refractivity contribution in [3.63, 3.8) is 0 Å². The summed E-state index contributed by atoms with van der Waals surface area (Å²) in [7, 11) is 3.47. The number of benzene rings is 2. The third-order valence-electron chi connectivity index (χ3n) is 4.77. The maximum Gasteiger partial charge on any atom is 0.279 e. The number of carbonyl (C=O) groups is 2. The second-order valence-electron chi connectivity index (χ2n) is 6.92. The van der Waals surface area contributed by atoms with Gasteiger partial charge in [0.1, 0.15) is 5.75 Å². The molecular formula is C21H26N3O3+. The predicted octanol–water partition coefficient (Wildman–Crippen LogP) is 0.733. The van der Waals surface area contributed by atoms with Crippen molar-refractivity contribution in [2.45, 2.75) is 13.0 Å². The highest BCUT2D eigenvalue weighted by molar-refractivity contribution is 5.91. The molecular weight excluding hydrogens is 342 g/mol. The van der Waals surface area contributed by atoms with Crippen LogP contribution in [0, 0.1) is 0 Å². The number of anilines is 1. The molecule has 0 radical (unpaired) electrons. The molecule has 1 heterocycles. The lowest BCUT2D eigenvalue weighted by Crippen LogP contribution is -3.11. The zero-order chi connectivity index (χ0) is 19.2. The summed E-state index contributed by atoms with van der Waals surface area (Å²) in [4.78, 5) is 27.5. The number of hydrogen-bond acceptors (Lipinski definition) is 3. The molecule has 2 aromatic carbocycles. The van der Waals surface area contributed by atoms with E-state index in [4.69, 9.17) is 4.74 Å². The number of fused-ring (bicyclic) bond motifs is 1. The minimum absolute atomic E-state index is 0.0826. The number of amides is 2. The Balaban J connectivity index is 1.47. The molecule has 0 fully saturated rings. The number of carbonyl (C=O) groups excluding carboxylic acids is 2. The van der Waals surface area contributed by atoms with Gasteiger partial charge in [0.05, 0.1) is 14.2 Å². The zero-order valence-corrected chi connectivity index (χ0v) is 15.8. The van der Waals surface area contributed by atoms with Gasteiger partial charge in [-0.1, -0.05) is 24.3 Å². The third-order valence-corrected chi connectivity index (χ3v) is 4.77. The molecule has 2 aromatic rings. The number of ether oxygens (including phenoxy) is 1. The van der Waals surface area contributed by atoms with Gasteiger partial charge in [-0.05, 0) is 41.8 Å². The average molecular weight is 368 g/mol. The number of methoxy groups -OCH3 is 1. The van der Waals surface area contributed by atoms with Crippen LogP contribution in [0.3, 0.4) is 0 Å². The Hall–Kier alpha value is -2.86. The molecule has 0 aliphatic carbocycles. The van der Waals surface area contributed by atoms with Gasteiger partial charge in [-0.25, -0.2) is 0 Å². The molecule has 0 aromatic heterocycles. The molecule has 142 valence electrons. The van der Waals surface area contributed by atoms with E-state index in [0.29, 0.717) is 18.8 Å².